The third kappa shape index (κ3) is 3.08. The minimum absolute atomic E-state index is 0.0211. The maximum Gasteiger partial charge on any atom is 0.304 e. The summed E-state index contributed by atoms with van der Waals surface area (Å²) in [6.07, 6.45) is 0.120. The number of ether oxygens (including phenoxy) is 1. The fourth-order valence-electron chi connectivity index (χ4n) is 2.01. The highest BCUT2D eigenvalue weighted by Crippen LogP contribution is 2.23. The number of H-pyrrole nitrogens is 1. The van der Waals surface area contributed by atoms with E-state index in [4.69, 9.17) is 9.84 Å². The molecular formula is C14H19N3O3. The van der Waals surface area contributed by atoms with Gasteiger partial charge in [-0.2, -0.15) is 0 Å². The van der Waals surface area contributed by atoms with Gasteiger partial charge in [-0.05, 0) is 26.1 Å². The van der Waals surface area contributed by atoms with Crippen molar-refractivity contribution in [3.63, 3.8) is 0 Å². The average molecular weight is 277 g/mol. The Balaban J connectivity index is 2.17. The molecule has 0 bridgehead atoms. The summed E-state index contributed by atoms with van der Waals surface area (Å²) < 4.78 is 5.18. The van der Waals surface area contributed by atoms with Crippen LogP contribution in [0.4, 0.5) is 0 Å². The van der Waals surface area contributed by atoms with Gasteiger partial charge in [0, 0.05) is 12.6 Å². The van der Waals surface area contributed by atoms with Gasteiger partial charge in [0.05, 0.1) is 30.6 Å². The third-order valence-corrected chi connectivity index (χ3v) is 3.44. The van der Waals surface area contributed by atoms with Crippen LogP contribution in [0.3, 0.4) is 0 Å². The van der Waals surface area contributed by atoms with E-state index in [0.717, 1.165) is 22.6 Å². The molecule has 0 aliphatic carbocycles. The van der Waals surface area contributed by atoms with Gasteiger partial charge >= 0.3 is 5.97 Å². The van der Waals surface area contributed by atoms with Crippen molar-refractivity contribution in [2.75, 3.05) is 20.7 Å². The first kappa shape index (κ1) is 14.3. The van der Waals surface area contributed by atoms with Crippen LogP contribution in [0.15, 0.2) is 18.2 Å². The van der Waals surface area contributed by atoms with Crippen LogP contribution in [-0.2, 0) is 4.79 Å². The van der Waals surface area contributed by atoms with Crippen LogP contribution in [0.2, 0.25) is 0 Å². The predicted octanol–water partition coefficient (Wildman–Crippen LogP) is 2.04. The van der Waals surface area contributed by atoms with Crippen LogP contribution >= 0.6 is 0 Å². The zero-order valence-electron chi connectivity index (χ0n) is 11.9. The van der Waals surface area contributed by atoms with Crippen LogP contribution in [-0.4, -0.2) is 46.6 Å². The predicted molar refractivity (Wildman–Crippen MR) is 75.9 cm³/mol. The van der Waals surface area contributed by atoms with E-state index in [1.165, 1.54) is 0 Å². The first-order chi connectivity index (χ1) is 9.51. The number of carboxylic acid groups (broad SMARTS) is 1. The minimum Gasteiger partial charge on any atom is -0.497 e. The number of aliphatic carboxylic acids is 1. The van der Waals surface area contributed by atoms with Crippen molar-refractivity contribution in [2.24, 2.45) is 0 Å². The van der Waals surface area contributed by atoms with Crippen molar-refractivity contribution in [1.82, 2.24) is 14.9 Å². The molecule has 0 saturated carbocycles. The lowest BCUT2D eigenvalue weighted by molar-refractivity contribution is -0.137. The summed E-state index contributed by atoms with van der Waals surface area (Å²) in [7, 11) is 3.52. The van der Waals surface area contributed by atoms with E-state index in [0.29, 0.717) is 6.54 Å². The van der Waals surface area contributed by atoms with E-state index in [1.807, 2.05) is 37.1 Å². The first-order valence-electron chi connectivity index (χ1n) is 6.47. The van der Waals surface area contributed by atoms with E-state index in [1.54, 1.807) is 7.11 Å². The molecule has 2 N–H and O–H groups in total. The molecule has 1 heterocycles. The highest BCUT2D eigenvalue weighted by Gasteiger charge is 2.16. The summed E-state index contributed by atoms with van der Waals surface area (Å²) >= 11 is 0. The summed E-state index contributed by atoms with van der Waals surface area (Å²) in [5.41, 5.74) is 1.79. The number of carbonyl (C=O) groups is 1. The number of hydrogen-bond donors (Lipinski definition) is 2. The van der Waals surface area contributed by atoms with E-state index in [2.05, 4.69) is 9.97 Å². The standard InChI is InChI=1S/C14H19N3O3/c1-9(17(2)7-6-13(18)19)14-15-11-5-4-10(20-3)8-12(11)16-14/h4-5,8-9H,6-7H2,1-3H3,(H,15,16)(H,18,19). The van der Waals surface area contributed by atoms with Crippen molar-refractivity contribution >= 4 is 17.0 Å². The van der Waals surface area contributed by atoms with Crippen molar-refractivity contribution in [3.8, 4) is 5.75 Å². The molecule has 6 heteroatoms. The lowest BCUT2D eigenvalue weighted by atomic mass is 10.2. The number of aromatic amines is 1. The Labute approximate surface area is 117 Å². The maximum absolute atomic E-state index is 10.6. The molecule has 0 aliphatic rings. The minimum atomic E-state index is -0.793. The summed E-state index contributed by atoms with van der Waals surface area (Å²) in [6.45, 7) is 2.48. The topological polar surface area (TPSA) is 78.4 Å². The molecular weight excluding hydrogens is 258 g/mol. The van der Waals surface area contributed by atoms with Gasteiger partial charge < -0.3 is 14.8 Å². The Morgan fingerprint density at radius 2 is 2.30 bits per heavy atom. The fraction of sp³-hybridized carbons (Fsp3) is 0.429. The van der Waals surface area contributed by atoms with Gasteiger partial charge in [0.2, 0.25) is 0 Å². The molecule has 0 spiro atoms. The van der Waals surface area contributed by atoms with Crippen LogP contribution in [0.25, 0.3) is 11.0 Å². The molecule has 0 amide bonds. The van der Waals surface area contributed by atoms with E-state index >= 15 is 0 Å². The number of nitrogens with one attached hydrogen (secondary N) is 1. The van der Waals surface area contributed by atoms with Gasteiger partial charge in [-0.3, -0.25) is 9.69 Å². The first-order valence-corrected chi connectivity index (χ1v) is 6.47. The third-order valence-electron chi connectivity index (χ3n) is 3.44. The number of methoxy groups -OCH3 is 1. The van der Waals surface area contributed by atoms with Gasteiger partial charge in [0.15, 0.2) is 0 Å². The quantitative estimate of drug-likeness (QED) is 0.844. The molecule has 6 nitrogen and oxygen atoms in total. The zero-order valence-corrected chi connectivity index (χ0v) is 11.9. The molecule has 108 valence electrons. The van der Waals surface area contributed by atoms with E-state index < -0.39 is 5.97 Å². The second kappa shape index (κ2) is 5.92. The average Bonchev–Trinajstić information content (AvgIpc) is 2.86. The summed E-state index contributed by atoms with van der Waals surface area (Å²) in [4.78, 5) is 20.4. The van der Waals surface area contributed by atoms with Crippen LogP contribution in [0, 0.1) is 0 Å². The number of hydrogen-bond acceptors (Lipinski definition) is 4. The normalized spacial score (nSPS) is 12.8. The number of fused-ring (bicyclic) bond motifs is 1. The molecule has 20 heavy (non-hydrogen) atoms. The van der Waals surface area contributed by atoms with Crippen molar-refractivity contribution in [3.05, 3.63) is 24.0 Å². The highest BCUT2D eigenvalue weighted by atomic mass is 16.5. The second-order valence-corrected chi connectivity index (χ2v) is 4.81. The van der Waals surface area contributed by atoms with Gasteiger partial charge in [-0.25, -0.2) is 4.98 Å². The molecule has 1 aromatic heterocycles. The highest BCUT2D eigenvalue weighted by molar-refractivity contribution is 5.76. The van der Waals surface area contributed by atoms with Gasteiger partial charge in [0.1, 0.15) is 11.6 Å². The molecule has 0 fully saturated rings. The SMILES string of the molecule is COc1ccc2nc(C(C)N(C)CCC(=O)O)[nH]c2c1. The zero-order chi connectivity index (χ0) is 14.7. The Hall–Kier alpha value is -2.08. The van der Waals surface area contributed by atoms with E-state index in [-0.39, 0.29) is 12.5 Å². The van der Waals surface area contributed by atoms with Gasteiger partial charge in [-0.15, -0.1) is 0 Å². The molecule has 1 unspecified atom stereocenters. The Morgan fingerprint density at radius 3 is 2.95 bits per heavy atom. The molecule has 2 rings (SSSR count). The van der Waals surface area contributed by atoms with Crippen LogP contribution < -0.4 is 4.74 Å². The van der Waals surface area contributed by atoms with Gasteiger partial charge in [0.25, 0.3) is 0 Å². The van der Waals surface area contributed by atoms with Crippen molar-refractivity contribution in [2.45, 2.75) is 19.4 Å². The molecule has 1 aromatic carbocycles. The van der Waals surface area contributed by atoms with Crippen LogP contribution in [0.5, 0.6) is 5.75 Å². The molecule has 0 aliphatic heterocycles. The molecule has 0 radical (unpaired) electrons. The number of nitrogens with zero attached hydrogens (tertiary/aromatic N) is 2. The Kier molecular flexibility index (Phi) is 4.24. The fourth-order valence-corrected chi connectivity index (χ4v) is 2.01. The van der Waals surface area contributed by atoms with Crippen molar-refractivity contribution in [1.29, 1.82) is 0 Å². The lowest BCUT2D eigenvalue weighted by Gasteiger charge is -2.21. The number of rotatable bonds is 6. The lowest BCUT2D eigenvalue weighted by Crippen LogP contribution is -2.25. The summed E-state index contributed by atoms with van der Waals surface area (Å²) in [5.74, 6) is 0.805. The number of carboxylic acids is 1. The summed E-state index contributed by atoms with van der Waals surface area (Å²) in [6, 6.07) is 5.69. The largest absolute Gasteiger partial charge is 0.497 e. The Morgan fingerprint density at radius 1 is 1.55 bits per heavy atom. The number of aromatic nitrogens is 2. The Bertz CT molecular complexity index is 609. The van der Waals surface area contributed by atoms with Crippen LogP contribution in [0.1, 0.15) is 25.2 Å². The van der Waals surface area contributed by atoms with Crippen molar-refractivity contribution < 1.29 is 14.6 Å². The van der Waals surface area contributed by atoms with E-state index in [9.17, 15) is 4.79 Å². The molecule has 1 atom stereocenters. The number of benzene rings is 1. The maximum atomic E-state index is 10.6. The van der Waals surface area contributed by atoms with Gasteiger partial charge in [-0.1, -0.05) is 0 Å². The monoisotopic (exact) mass is 277 g/mol. The second-order valence-electron chi connectivity index (χ2n) is 4.81. The number of imidazole rings is 1. The smallest absolute Gasteiger partial charge is 0.304 e. The summed E-state index contributed by atoms with van der Waals surface area (Å²) in [5, 5.41) is 8.72. The molecule has 0 saturated heterocycles. The molecule has 2 aromatic rings.